The maximum atomic E-state index is 12.0. The smallest absolute Gasteiger partial charge is 0.392 e. The van der Waals surface area contributed by atoms with E-state index < -0.39 is 24.5 Å². The third kappa shape index (κ3) is 4.33. The van der Waals surface area contributed by atoms with Gasteiger partial charge in [-0.05, 0) is 5.56 Å². The predicted molar refractivity (Wildman–Crippen MR) is 65.0 cm³/mol. The average molecular weight is 276 g/mol. The lowest BCUT2D eigenvalue weighted by Gasteiger charge is -2.16. The number of halogens is 3. The molecule has 0 aliphatic carbocycles. The van der Waals surface area contributed by atoms with Crippen molar-refractivity contribution in [1.29, 1.82) is 0 Å². The summed E-state index contributed by atoms with van der Waals surface area (Å²) in [6, 6.07) is 8.18. The Kier molecular flexibility index (Phi) is 4.66. The van der Waals surface area contributed by atoms with Gasteiger partial charge in [-0.2, -0.15) is 13.2 Å². The van der Waals surface area contributed by atoms with Gasteiger partial charge < -0.3 is 11.1 Å². The molecule has 18 heavy (non-hydrogen) atoms. The maximum Gasteiger partial charge on any atom is 0.405 e. The number of amides is 1. The molecular weight excluding hydrogens is 265 g/mol. The Hall–Kier alpha value is -1.63. The summed E-state index contributed by atoms with van der Waals surface area (Å²) in [7, 11) is 0. The van der Waals surface area contributed by atoms with Crippen LogP contribution in [0.4, 0.5) is 13.2 Å². The van der Waals surface area contributed by atoms with Crippen LogP contribution in [0.5, 0.6) is 0 Å². The number of hydrogen-bond acceptors (Lipinski definition) is 2. The van der Waals surface area contributed by atoms with E-state index >= 15 is 0 Å². The van der Waals surface area contributed by atoms with Crippen molar-refractivity contribution in [3.05, 3.63) is 35.9 Å². The van der Waals surface area contributed by atoms with Crippen LogP contribution in [0.2, 0.25) is 0 Å². The highest BCUT2D eigenvalue weighted by Gasteiger charge is 2.30. The summed E-state index contributed by atoms with van der Waals surface area (Å²) in [5.41, 5.74) is 5.86. The van der Waals surface area contributed by atoms with Gasteiger partial charge in [-0.15, -0.1) is 0 Å². The lowest BCUT2D eigenvalue weighted by Crippen LogP contribution is -2.40. The van der Waals surface area contributed by atoms with Gasteiger partial charge in [-0.3, -0.25) is 4.79 Å². The molecule has 0 saturated heterocycles. The minimum absolute atomic E-state index is 0.166. The van der Waals surface area contributed by atoms with E-state index in [2.05, 4.69) is 0 Å². The number of carbonyl (C=O) groups is 1. The molecule has 0 aromatic heterocycles. The summed E-state index contributed by atoms with van der Waals surface area (Å²) >= 11 is 4.72. The van der Waals surface area contributed by atoms with E-state index in [0.717, 1.165) is 0 Å². The van der Waals surface area contributed by atoms with E-state index in [-0.39, 0.29) is 4.99 Å². The molecule has 3 N–H and O–H groups in total. The van der Waals surface area contributed by atoms with Crippen LogP contribution in [0, 0.1) is 0 Å². The van der Waals surface area contributed by atoms with Crippen LogP contribution < -0.4 is 11.1 Å². The molecule has 1 aromatic carbocycles. The highest BCUT2D eigenvalue weighted by Crippen LogP contribution is 2.18. The first-order chi connectivity index (χ1) is 8.31. The molecule has 0 aliphatic rings. The molecule has 1 unspecified atom stereocenters. The fraction of sp³-hybridized carbons (Fsp3) is 0.273. The number of nitrogens with two attached hydrogens (primary N) is 1. The number of rotatable bonds is 4. The Labute approximate surface area is 107 Å². The monoisotopic (exact) mass is 276 g/mol. The Bertz CT molecular complexity index is 434. The van der Waals surface area contributed by atoms with Crippen molar-refractivity contribution in [2.75, 3.05) is 6.54 Å². The zero-order valence-electron chi connectivity index (χ0n) is 9.20. The summed E-state index contributed by atoms with van der Waals surface area (Å²) in [5.74, 6) is -1.91. The molecule has 1 atom stereocenters. The SMILES string of the molecule is NC(=S)C(C(=O)NCC(F)(F)F)c1ccccc1. The topological polar surface area (TPSA) is 55.1 Å². The fourth-order valence-corrected chi connectivity index (χ4v) is 1.62. The number of benzene rings is 1. The second kappa shape index (κ2) is 5.81. The second-order valence-electron chi connectivity index (χ2n) is 3.58. The highest BCUT2D eigenvalue weighted by molar-refractivity contribution is 7.80. The molecule has 0 fully saturated rings. The van der Waals surface area contributed by atoms with E-state index in [1.54, 1.807) is 35.6 Å². The van der Waals surface area contributed by atoms with Crippen molar-refractivity contribution in [1.82, 2.24) is 5.32 Å². The van der Waals surface area contributed by atoms with E-state index in [1.165, 1.54) is 0 Å². The van der Waals surface area contributed by atoms with Gasteiger partial charge in [0.2, 0.25) is 5.91 Å². The van der Waals surface area contributed by atoms with E-state index in [0.29, 0.717) is 5.56 Å². The normalized spacial score (nSPS) is 12.8. The molecule has 0 radical (unpaired) electrons. The minimum atomic E-state index is -4.47. The molecular formula is C11H11F3N2OS. The van der Waals surface area contributed by atoms with Crippen LogP contribution in [0.1, 0.15) is 11.5 Å². The van der Waals surface area contributed by atoms with E-state index in [4.69, 9.17) is 18.0 Å². The van der Waals surface area contributed by atoms with Crippen LogP contribution in [0.15, 0.2) is 30.3 Å². The minimum Gasteiger partial charge on any atom is -0.392 e. The van der Waals surface area contributed by atoms with Crippen molar-refractivity contribution < 1.29 is 18.0 Å². The molecule has 0 heterocycles. The molecule has 98 valence electrons. The lowest BCUT2D eigenvalue weighted by atomic mass is 9.98. The first-order valence-electron chi connectivity index (χ1n) is 5.00. The largest absolute Gasteiger partial charge is 0.405 e. The third-order valence-corrected chi connectivity index (χ3v) is 2.38. The third-order valence-electron chi connectivity index (χ3n) is 2.14. The predicted octanol–water partition coefficient (Wildman–Crippen LogP) is 1.73. The quantitative estimate of drug-likeness (QED) is 0.824. The van der Waals surface area contributed by atoms with Gasteiger partial charge in [-0.25, -0.2) is 0 Å². The van der Waals surface area contributed by atoms with Crippen molar-refractivity contribution in [2.45, 2.75) is 12.1 Å². The molecule has 1 aromatic rings. The maximum absolute atomic E-state index is 12.0. The van der Waals surface area contributed by atoms with Crippen LogP contribution in [0.3, 0.4) is 0 Å². The molecule has 7 heteroatoms. The zero-order valence-corrected chi connectivity index (χ0v) is 10.0. The Morgan fingerprint density at radius 2 is 1.89 bits per heavy atom. The summed E-state index contributed by atoms with van der Waals surface area (Å²) in [6.45, 7) is -1.40. The highest BCUT2D eigenvalue weighted by atomic mass is 32.1. The second-order valence-corrected chi connectivity index (χ2v) is 4.05. The van der Waals surface area contributed by atoms with E-state index in [1.807, 2.05) is 0 Å². The molecule has 0 bridgehead atoms. The molecule has 0 aliphatic heterocycles. The summed E-state index contributed by atoms with van der Waals surface area (Å²) in [5, 5.41) is 1.77. The van der Waals surface area contributed by atoms with Gasteiger partial charge in [0.15, 0.2) is 0 Å². The van der Waals surface area contributed by atoms with Gasteiger partial charge in [0.1, 0.15) is 12.5 Å². The van der Waals surface area contributed by atoms with Crippen molar-refractivity contribution in [3.8, 4) is 0 Å². The van der Waals surface area contributed by atoms with Crippen molar-refractivity contribution in [3.63, 3.8) is 0 Å². The fourth-order valence-electron chi connectivity index (χ4n) is 1.38. The van der Waals surface area contributed by atoms with Gasteiger partial charge in [0, 0.05) is 0 Å². The Morgan fingerprint density at radius 1 is 1.33 bits per heavy atom. The lowest BCUT2D eigenvalue weighted by molar-refractivity contribution is -0.138. The zero-order chi connectivity index (χ0) is 13.8. The van der Waals surface area contributed by atoms with Gasteiger partial charge in [0.05, 0.1) is 4.99 Å². The van der Waals surface area contributed by atoms with Crippen LogP contribution in [0.25, 0.3) is 0 Å². The van der Waals surface area contributed by atoms with Gasteiger partial charge in [0.25, 0.3) is 0 Å². The van der Waals surface area contributed by atoms with Crippen LogP contribution in [-0.2, 0) is 4.79 Å². The van der Waals surface area contributed by atoms with Crippen molar-refractivity contribution >= 4 is 23.1 Å². The molecule has 1 amide bonds. The van der Waals surface area contributed by atoms with E-state index in [9.17, 15) is 18.0 Å². The van der Waals surface area contributed by atoms with Crippen LogP contribution >= 0.6 is 12.2 Å². The van der Waals surface area contributed by atoms with Gasteiger partial charge in [-0.1, -0.05) is 42.5 Å². The Balaban J connectivity index is 2.81. The molecule has 0 spiro atoms. The van der Waals surface area contributed by atoms with Crippen molar-refractivity contribution in [2.24, 2.45) is 5.73 Å². The van der Waals surface area contributed by atoms with Gasteiger partial charge >= 0.3 is 6.18 Å². The summed E-state index contributed by atoms with van der Waals surface area (Å²) in [6.07, 6.45) is -4.47. The number of alkyl halides is 3. The number of hydrogen-bond donors (Lipinski definition) is 2. The molecule has 3 nitrogen and oxygen atoms in total. The first-order valence-corrected chi connectivity index (χ1v) is 5.41. The number of thiocarbonyl (C=S) groups is 1. The average Bonchev–Trinajstić information content (AvgIpc) is 2.26. The molecule has 0 saturated carbocycles. The first kappa shape index (κ1) is 14.4. The number of nitrogens with one attached hydrogen (secondary N) is 1. The number of carbonyl (C=O) groups excluding carboxylic acids is 1. The summed E-state index contributed by atoms with van der Waals surface area (Å²) < 4.78 is 36.0. The van der Waals surface area contributed by atoms with Crippen LogP contribution in [-0.4, -0.2) is 23.6 Å². The molecule has 1 rings (SSSR count). The summed E-state index contributed by atoms with van der Waals surface area (Å²) in [4.78, 5) is 11.5. The Morgan fingerprint density at radius 3 is 2.33 bits per heavy atom. The standard InChI is InChI=1S/C11H11F3N2OS/c12-11(13,14)6-16-10(17)8(9(15)18)7-4-2-1-3-5-7/h1-5,8H,6H2,(H2,15,18)(H,16,17).